The van der Waals surface area contributed by atoms with Gasteiger partial charge in [0.2, 0.25) is 0 Å². The van der Waals surface area contributed by atoms with Crippen LogP contribution in [0, 0.1) is 0 Å². The summed E-state index contributed by atoms with van der Waals surface area (Å²) in [6, 6.07) is 6.07. The first-order chi connectivity index (χ1) is 10.4. The molecule has 1 N–H and O–H groups in total. The molecule has 0 aromatic heterocycles. The number of methoxy groups -OCH3 is 2. The highest BCUT2D eigenvalue weighted by atomic mass is 16.5. The van der Waals surface area contributed by atoms with Crippen molar-refractivity contribution in [2.45, 2.75) is 39.8 Å². The van der Waals surface area contributed by atoms with Crippen LogP contribution in [0.1, 0.15) is 38.1 Å². The average Bonchev–Trinajstić information content (AvgIpc) is 2.49. The van der Waals surface area contributed by atoms with E-state index in [2.05, 4.69) is 37.9 Å². The Morgan fingerprint density at radius 3 is 1.95 bits per heavy atom. The van der Waals surface area contributed by atoms with Gasteiger partial charge in [-0.05, 0) is 39.8 Å². The van der Waals surface area contributed by atoms with Crippen LogP contribution in [0.5, 0.6) is 11.5 Å². The summed E-state index contributed by atoms with van der Waals surface area (Å²) in [5, 5.41) is 2.95. The van der Waals surface area contributed by atoms with Gasteiger partial charge in [-0.25, -0.2) is 0 Å². The molecule has 0 bridgehead atoms. The summed E-state index contributed by atoms with van der Waals surface area (Å²) < 4.78 is 10.4. The molecular weight excluding hydrogens is 280 g/mol. The first-order valence-corrected chi connectivity index (χ1v) is 7.66. The Hall–Kier alpha value is -1.75. The van der Waals surface area contributed by atoms with Crippen molar-refractivity contribution < 1.29 is 14.3 Å². The second-order valence-corrected chi connectivity index (χ2v) is 5.78. The van der Waals surface area contributed by atoms with E-state index in [4.69, 9.17) is 9.47 Å². The van der Waals surface area contributed by atoms with Crippen LogP contribution >= 0.6 is 0 Å². The van der Waals surface area contributed by atoms with Gasteiger partial charge in [-0.15, -0.1) is 0 Å². The quantitative estimate of drug-likeness (QED) is 0.802. The van der Waals surface area contributed by atoms with Crippen molar-refractivity contribution in [1.82, 2.24) is 10.2 Å². The third-order valence-corrected chi connectivity index (χ3v) is 3.60. The fraction of sp³-hybridized carbons (Fsp3) is 0.588. The van der Waals surface area contributed by atoms with Crippen molar-refractivity contribution in [3.63, 3.8) is 0 Å². The fourth-order valence-electron chi connectivity index (χ4n) is 2.45. The topological polar surface area (TPSA) is 50.8 Å². The molecule has 0 unspecified atom stereocenters. The van der Waals surface area contributed by atoms with Gasteiger partial charge in [-0.2, -0.15) is 0 Å². The summed E-state index contributed by atoms with van der Waals surface area (Å²) in [5.74, 6) is 1.09. The first kappa shape index (κ1) is 18.3. The third kappa shape index (κ3) is 5.22. The molecule has 0 saturated carbocycles. The number of nitrogens with one attached hydrogen (secondary N) is 1. The lowest BCUT2D eigenvalue weighted by Gasteiger charge is -2.30. The summed E-state index contributed by atoms with van der Waals surface area (Å²) in [6.07, 6.45) is 0. The minimum absolute atomic E-state index is 0.121. The van der Waals surface area contributed by atoms with E-state index in [1.54, 1.807) is 32.4 Å². The maximum absolute atomic E-state index is 12.3. The lowest BCUT2D eigenvalue weighted by Crippen LogP contribution is -2.42. The summed E-state index contributed by atoms with van der Waals surface area (Å²) in [5.41, 5.74) is 0.539. The second-order valence-electron chi connectivity index (χ2n) is 5.78. The number of ether oxygens (including phenoxy) is 2. The number of hydrogen-bond donors (Lipinski definition) is 1. The Kier molecular flexibility index (Phi) is 7.18. The van der Waals surface area contributed by atoms with Gasteiger partial charge in [-0.1, -0.05) is 0 Å². The lowest BCUT2D eigenvalue weighted by molar-refractivity contribution is 0.0938. The standard InChI is InChI=1S/C17H28N2O3/c1-12(2)19(13(3)4)8-7-18-17(20)14-9-15(21-5)11-16(10-14)22-6/h9-13H,7-8H2,1-6H3,(H,18,20). The zero-order valence-corrected chi connectivity index (χ0v) is 14.5. The van der Waals surface area contributed by atoms with E-state index in [1.165, 1.54) is 0 Å². The van der Waals surface area contributed by atoms with Gasteiger partial charge in [0.25, 0.3) is 5.91 Å². The van der Waals surface area contributed by atoms with Gasteiger partial charge >= 0.3 is 0 Å². The second kappa shape index (κ2) is 8.63. The molecule has 124 valence electrons. The molecule has 0 aliphatic heterocycles. The normalized spacial score (nSPS) is 11.1. The van der Waals surface area contributed by atoms with Gasteiger partial charge in [0, 0.05) is 36.8 Å². The lowest BCUT2D eigenvalue weighted by atomic mass is 10.2. The Morgan fingerprint density at radius 2 is 1.55 bits per heavy atom. The van der Waals surface area contributed by atoms with Crippen molar-refractivity contribution in [3.8, 4) is 11.5 Å². The van der Waals surface area contributed by atoms with Gasteiger partial charge < -0.3 is 14.8 Å². The maximum atomic E-state index is 12.3. The van der Waals surface area contributed by atoms with E-state index >= 15 is 0 Å². The minimum Gasteiger partial charge on any atom is -0.497 e. The molecule has 5 heteroatoms. The first-order valence-electron chi connectivity index (χ1n) is 7.66. The number of carbonyl (C=O) groups is 1. The van der Waals surface area contributed by atoms with E-state index in [9.17, 15) is 4.79 Å². The molecular formula is C17H28N2O3. The zero-order valence-electron chi connectivity index (χ0n) is 14.5. The number of hydrogen-bond acceptors (Lipinski definition) is 4. The minimum atomic E-state index is -0.121. The molecule has 0 saturated heterocycles. The number of nitrogens with zero attached hydrogens (tertiary/aromatic N) is 1. The molecule has 0 aliphatic rings. The van der Waals surface area contributed by atoms with Crippen molar-refractivity contribution in [2.24, 2.45) is 0 Å². The Bertz CT molecular complexity index is 457. The van der Waals surface area contributed by atoms with Crippen LogP contribution in [-0.4, -0.2) is 50.2 Å². The molecule has 1 aromatic carbocycles. The molecule has 0 radical (unpaired) electrons. The molecule has 22 heavy (non-hydrogen) atoms. The molecule has 0 spiro atoms. The van der Waals surface area contributed by atoms with Crippen LogP contribution in [0.2, 0.25) is 0 Å². The molecule has 0 aliphatic carbocycles. The summed E-state index contributed by atoms with van der Waals surface area (Å²) in [4.78, 5) is 14.6. The van der Waals surface area contributed by atoms with E-state index in [-0.39, 0.29) is 5.91 Å². The maximum Gasteiger partial charge on any atom is 0.251 e. The molecule has 0 atom stereocenters. The number of amides is 1. The van der Waals surface area contributed by atoms with Crippen LogP contribution in [0.4, 0.5) is 0 Å². The van der Waals surface area contributed by atoms with Gasteiger partial charge in [0.1, 0.15) is 11.5 Å². The molecule has 1 amide bonds. The third-order valence-electron chi connectivity index (χ3n) is 3.60. The highest BCUT2D eigenvalue weighted by molar-refractivity contribution is 5.95. The van der Waals surface area contributed by atoms with E-state index < -0.39 is 0 Å². The van der Waals surface area contributed by atoms with E-state index in [0.29, 0.717) is 35.7 Å². The molecule has 1 aromatic rings. The summed E-state index contributed by atoms with van der Waals surface area (Å²) in [7, 11) is 3.14. The molecule has 0 fully saturated rings. The summed E-state index contributed by atoms with van der Waals surface area (Å²) in [6.45, 7) is 10.1. The average molecular weight is 308 g/mol. The smallest absolute Gasteiger partial charge is 0.251 e. The molecule has 0 heterocycles. The molecule has 5 nitrogen and oxygen atoms in total. The highest BCUT2D eigenvalue weighted by Crippen LogP contribution is 2.22. The highest BCUT2D eigenvalue weighted by Gasteiger charge is 2.14. The predicted octanol–water partition coefficient (Wildman–Crippen LogP) is 2.55. The van der Waals surface area contributed by atoms with Crippen LogP contribution < -0.4 is 14.8 Å². The van der Waals surface area contributed by atoms with Crippen LogP contribution in [0.25, 0.3) is 0 Å². The zero-order chi connectivity index (χ0) is 16.7. The Morgan fingerprint density at radius 1 is 1.05 bits per heavy atom. The van der Waals surface area contributed by atoms with Gasteiger partial charge in [0.15, 0.2) is 0 Å². The number of carbonyl (C=O) groups excluding carboxylic acids is 1. The number of rotatable bonds is 8. The van der Waals surface area contributed by atoms with Gasteiger partial charge in [0.05, 0.1) is 14.2 Å². The van der Waals surface area contributed by atoms with Crippen molar-refractivity contribution in [2.75, 3.05) is 27.3 Å². The molecule has 1 rings (SSSR count). The van der Waals surface area contributed by atoms with Crippen LogP contribution in [-0.2, 0) is 0 Å². The van der Waals surface area contributed by atoms with Crippen molar-refractivity contribution in [1.29, 1.82) is 0 Å². The number of benzene rings is 1. The van der Waals surface area contributed by atoms with Crippen LogP contribution in [0.15, 0.2) is 18.2 Å². The Labute approximate surface area is 133 Å². The Balaban J connectivity index is 2.65. The fourth-order valence-corrected chi connectivity index (χ4v) is 2.45. The van der Waals surface area contributed by atoms with E-state index in [0.717, 1.165) is 6.54 Å². The summed E-state index contributed by atoms with van der Waals surface area (Å²) >= 11 is 0. The van der Waals surface area contributed by atoms with E-state index in [1.807, 2.05) is 0 Å². The SMILES string of the molecule is COc1cc(OC)cc(C(=O)NCCN(C(C)C)C(C)C)c1. The predicted molar refractivity (Wildman–Crippen MR) is 88.9 cm³/mol. The van der Waals surface area contributed by atoms with Gasteiger partial charge in [-0.3, -0.25) is 9.69 Å². The van der Waals surface area contributed by atoms with Crippen LogP contribution in [0.3, 0.4) is 0 Å². The largest absolute Gasteiger partial charge is 0.497 e. The van der Waals surface area contributed by atoms with Crippen molar-refractivity contribution in [3.05, 3.63) is 23.8 Å². The monoisotopic (exact) mass is 308 g/mol. The van der Waals surface area contributed by atoms with Crippen molar-refractivity contribution >= 4 is 5.91 Å².